The highest BCUT2D eigenvalue weighted by molar-refractivity contribution is 5.69. The van der Waals surface area contributed by atoms with Crippen molar-refractivity contribution in [2.24, 2.45) is 5.92 Å². The van der Waals surface area contributed by atoms with Crippen molar-refractivity contribution < 1.29 is 9.53 Å². The Labute approximate surface area is 122 Å². The Bertz CT molecular complexity index is 378. The van der Waals surface area contributed by atoms with Crippen molar-refractivity contribution in [2.75, 3.05) is 7.11 Å². The molecule has 0 amide bonds. The van der Waals surface area contributed by atoms with E-state index in [0.29, 0.717) is 12.3 Å². The normalized spacial score (nSPS) is 14.8. The summed E-state index contributed by atoms with van der Waals surface area (Å²) in [4.78, 5) is 10.9. The summed E-state index contributed by atoms with van der Waals surface area (Å²) in [6, 6.07) is 10.3. The third kappa shape index (κ3) is 7.13. The lowest BCUT2D eigenvalue weighted by atomic mass is 9.87. The van der Waals surface area contributed by atoms with Crippen LogP contribution in [0.4, 0.5) is 0 Å². The summed E-state index contributed by atoms with van der Waals surface area (Å²) in [6.45, 7) is 3.66. The number of benzene rings is 1. The summed E-state index contributed by atoms with van der Waals surface area (Å²) >= 11 is 0. The van der Waals surface area contributed by atoms with Gasteiger partial charge in [-0.15, -0.1) is 6.58 Å². The molecule has 1 aromatic carbocycles. The molecule has 110 valence electrons. The lowest BCUT2D eigenvalue weighted by molar-refractivity contribution is -0.141. The van der Waals surface area contributed by atoms with E-state index in [1.54, 1.807) is 0 Å². The van der Waals surface area contributed by atoms with Gasteiger partial charge in [0.1, 0.15) is 0 Å². The molecule has 1 saturated carbocycles. The minimum absolute atomic E-state index is 0.0445. The Morgan fingerprint density at radius 1 is 1.25 bits per heavy atom. The number of hydrogen-bond acceptors (Lipinski definition) is 2. The molecule has 1 aliphatic rings. The fourth-order valence-corrected chi connectivity index (χ4v) is 2.49. The fourth-order valence-electron chi connectivity index (χ4n) is 2.49. The van der Waals surface area contributed by atoms with Gasteiger partial charge in [0, 0.05) is 6.42 Å². The first-order chi connectivity index (χ1) is 9.76. The number of hydrogen-bond donors (Lipinski definition) is 0. The Morgan fingerprint density at radius 3 is 2.45 bits per heavy atom. The van der Waals surface area contributed by atoms with Gasteiger partial charge in [-0.05, 0) is 30.7 Å². The van der Waals surface area contributed by atoms with Crippen LogP contribution in [0.1, 0.15) is 44.1 Å². The molecule has 0 saturated heterocycles. The summed E-state index contributed by atoms with van der Waals surface area (Å²) in [7, 11) is 1.46. The summed E-state index contributed by atoms with van der Waals surface area (Å²) in [5.41, 5.74) is 1.33. The van der Waals surface area contributed by atoms with E-state index in [0.717, 1.165) is 6.42 Å². The molecule has 1 fully saturated rings. The molecule has 0 heterocycles. The second-order valence-corrected chi connectivity index (χ2v) is 5.26. The van der Waals surface area contributed by atoms with Crippen molar-refractivity contribution in [3.8, 4) is 0 Å². The van der Waals surface area contributed by atoms with Gasteiger partial charge < -0.3 is 4.74 Å². The highest BCUT2D eigenvalue weighted by Crippen LogP contribution is 2.26. The highest BCUT2D eigenvalue weighted by Gasteiger charge is 2.16. The third-order valence-corrected chi connectivity index (χ3v) is 3.63. The van der Waals surface area contributed by atoms with Crippen LogP contribution in [0.2, 0.25) is 0 Å². The third-order valence-electron chi connectivity index (χ3n) is 3.63. The molecule has 0 aromatic heterocycles. The molecule has 0 spiro atoms. The van der Waals surface area contributed by atoms with E-state index in [9.17, 15) is 4.79 Å². The van der Waals surface area contributed by atoms with Gasteiger partial charge >= 0.3 is 5.97 Å². The molecular weight excluding hydrogens is 248 g/mol. The van der Waals surface area contributed by atoms with Gasteiger partial charge in [-0.1, -0.05) is 55.7 Å². The second-order valence-electron chi connectivity index (χ2n) is 5.26. The van der Waals surface area contributed by atoms with Crippen LogP contribution < -0.4 is 0 Å². The van der Waals surface area contributed by atoms with Crippen LogP contribution in [0.25, 0.3) is 0 Å². The van der Waals surface area contributed by atoms with Crippen LogP contribution in [-0.4, -0.2) is 13.1 Å². The predicted molar refractivity (Wildman–Crippen MR) is 83.6 cm³/mol. The van der Waals surface area contributed by atoms with Gasteiger partial charge in [0.25, 0.3) is 0 Å². The van der Waals surface area contributed by atoms with E-state index in [1.807, 2.05) is 24.3 Å². The summed E-state index contributed by atoms with van der Waals surface area (Å²) in [5, 5.41) is 0. The maximum atomic E-state index is 10.9. The molecular formula is C18H26O2. The zero-order valence-corrected chi connectivity index (χ0v) is 12.5. The van der Waals surface area contributed by atoms with Gasteiger partial charge in [-0.2, -0.15) is 0 Å². The fraction of sp³-hybridized carbons (Fsp3) is 0.500. The van der Waals surface area contributed by atoms with Gasteiger partial charge in [0.15, 0.2) is 0 Å². The number of carbonyl (C=O) groups is 1. The SMILES string of the molecule is C=CCc1ccccc1.COC(=O)CC1CCCCC1. The first-order valence-corrected chi connectivity index (χ1v) is 7.48. The summed E-state index contributed by atoms with van der Waals surface area (Å²) < 4.78 is 4.61. The number of allylic oxidation sites excluding steroid dienone is 1. The molecule has 2 rings (SSSR count). The Hall–Kier alpha value is -1.57. The number of rotatable bonds is 4. The topological polar surface area (TPSA) is 26.3 Å². The number of carbonyl (C=O) groups excluding carboxylic acids is 1. The molecule has 0 radical (unpaired) electrons. The van der Waals surface area contributed by atoms with Crippen LogP contribution >= 0.6 is 0 Å². The van der Waals surface area contributed by atoms with E-state index in [2.05, 4.69) is 23.4 Å². The van der Waals surface area contributed by atoms with E-state index >= 15 is 0 Å². The smallest absolute Gasteiger partial charge is 0.305 e. The Morgan fingerprint density at radius 2 is 1.90 bits per heavy atom. The monoisotopic (exact) mass is 274 g/mol. The molecule has 0 aliphatic heterocycles. The van der Waals surface area contributed by atoms with Crippen molar-refractivity contribution >= 4 is 5.97 Å². The van der Waals surface area contributed by atoms with Crippen molar-refractivity contribution in [3.05, 3.63) is 48.6 Å². The maximum Gasteiger partial charge on any atom is 0.305 e. The van der Waals surface area contributed by atoms with Crippen LogP contribution in [0.3, 0.4) is 0 Å². The molecule has 1 aliphatic carbocycles. The lowest BCUT2D eigenvalue weighted by Gasteiger charge is -2.19. The average Bonchev–Trinajstić information content (AvgIpc) is 2.50. The molecule has 20 heavy (non-hydrogen) atoms. The minimum Gasteiger partial charge on any atom is -0.469 e. The molecule has 2 nitrogen and oxygen atoms in total. The van der Waals surface area contributed by atoms with Gasteiger partial charge in [-0.3, -0.25) is 4.79 Å². The van der Waals surface area contributed by atoms with Gasteiger partial charge in [0.2, 0.25) is 0 Å². The first kappa shape index (κ1) is 16.5. The summed E-state index contributed by atoms with van der Waals surface area (Å²) in [6.07, 6.45) is 9.89. The second kappa shape index (κ2) is 10.2. The van der Waals surface area contributed by atoms with Crippen molar-refractivity contribution in [3.63, 3.8) is 0 Å². The van der Waals surface area contributed by atoms with E-state index < -0.39 is 0 Å². The maximum absolute atomic E-state index is 10.9. The lowest BCUT2D eigenvalue weighted by Crippen LogP contribution is -2.12. The van der Waals surface area contributed by atoms with Gasteiger partial charge in [0.05, 0.1) is 7.11 Å². The standard InChI is InChI=1S/C9H16O2.C9H10/c1-11-9(10)7-8-5-3-2-4-6-8;1-2-6-9-7-4-3-5-8-9/h8H,2-7H2,1H3;2-5,7-8H,1,6H2. The first-order valence-electron chi connectivity index (χ1n) is 7.48. The molecule has 0 bridgehead atoms. The van der Waals surface area contributed by atoms with Crippen molar-refractivity contribution in [1.29, 1.82) is 0 Å². The van der Waals surface area contributed by atoms with E-state index in [-0.39, 0.29) is 5.97 Å². The Kier molecular flexibility index (Phi) is 8.44. The quantitative estimate of drug-likeness (QED) is 0.595. The molecule has 0 unspecified atom stereocenters. The van der Waals surface area contributed by atoms with E-state index in [4.69, 9.17) is 0 Å². The number of ether oxygens (including phenoxy) is 1. The van der Waals surface area contributed by atoms with Crippen molar-refractivity contribution in [1.82, 2.24) is 0 Å². The molecule has 1 aromatic rings. The zero-order chi connectivity index (χ0) is 14.6. The van der Waals surface area contributed by atoms with Crippen LogP contribution in [0, 0.1) is 5.92 Å². The van der Waals surface area contributed by atoms with Crippen LogP contribution in [0.5, 0.6) is 0 Å². The largest absolute Gasteiger partial charge is 0.469 e. The minimum atomic E-state index is -0.0445. The number of methoxy groups -OCH3 is 1. The average molecular weight is 274 g/mol. The van der Waals surface area contributed by atoms with Crippen LogP contribution in [0.15, 0.2) is 43.0 Å². The highest BCUT2D eigenvalue weighted by atomic mass is 16.5. The number of esters is 1. The molecule has 2 heteroatoms. The molecule has 0 N–H and O–H groups in total. The Balaban J connectivity index is 0.000000204. The predicted octanol–water partition coefficient (Wildman–Crippen LogP) is 4.54. The van der Waals surface area contributed by atoms with Crippen LogP contribution in [-0.2, 0) is 16.0 Å². The zero-order valence-electron chi connectivity index (χ0n) is 12.5. The van der Waals surface area contributed by atoms with Gasteiger partial charge in [-0.25, -0.2) is 0 Å². The van der Waals surface area contributed by atoms with E-state index in [1.165, 1.54) is 44.8 Å². The molecule has 0 atom stereocenters. The van der Waals surface area contributed by atoms with Crippen molar-refractivity contribution in [2.45, 2.75) is 44.9 Å². The summed E-state index contributed by atoms with van der Waals surface area (Å²) in [5.74, 6) is 0.563.